The molecule has 0 aromatic heterocycles. The van der Waals surface area contributed by atoms with E-state index in [1.54, 1.807) is 13.0 Å². The number of nitrogens with zero attached hydrogens (tertiary/aromatic N) is 2. The number of nitro groups is 1. The second-order valence-electron chi connectivity index (χ2n) is 5.23. The van der Waals surface area contributed by atoms with Crippen molar-refractivity contribution in [2.24, 2.45) is 4.99 Å². The van der Waals surface area contributed by atoms with Crippen LogP contribution in [0.15, 0.2) is 45.1 Å². The van der Waals surface area contributed by atoms with Gasteiger partial charge in [-0.05, 0) is 50.7 Å². The van der Waals surface area contributed by atoms with Gasteiger partial charge in [-0.3, -0.25) is 14.9 Å². The van der Waals surface area contributed by atoms with Gasteiger partial charge in [0.1, 0.15) is 0 Å². The predicted octanol–water partition coefficient (Wildman–Crippen LogP) is 4.51. The summed E-state index contributed by atoms with van der Waals surface area (Å²) in [4.78, 5) is 27.4. The molecule has 1 amide bonds. The van der Waals surface area contributed by atoms with Gasteiger partial charge in [-0.1, -0.05) is 29.5 Å². The molecule has 0 bridgehead atoms. The molecule has 0 aliphatic carbocycles. The quantitative estimate of drug-likeness (QED) is 0.470. The summed E-state index contributed by atoms with van der Waals surface area (Å²) in [5.41, 5.74) is 2.93. The lowest BCUT2D eigenvalue weighted by Crippen LogP contribution is -2.01. The maximum absolute atomic E-state index is 11.7. The third-order valence-corrected chi connectivity index (χ3v) is 4.65. The Morgan fingerprint density at radius 2 is 1.83 bits per heavy atom. The summed E-state index contributed by atoms with van der Waals surface area (Å²) in [6.45, 7) is 8.88. The van der Waals surface area contributed by atoms with Gasteiger partial charge >= 0.3 is 0 Å². The second kappa shape index (κ2) is 6.75. The van der Waals surface area contributed by atoms with E-state index in [9.17, 15) is 14.9 Å². The number of hydrogen-bond acceptors (Lipinski definition) is 4. The fourth-order valence-electron chi connectivity index (χ4n) is 2.24. The molecular weight excluding hydrogens is 312 g/mol. The molecule has 5 nitrogen and oxygen atoms in total. The van der Waals surface area contributed by atoms with Crippen LogP contribution in [0.2, 0.25) is 0 Å². The fraction of sp³-hybridized carbons (Fsp3) is 0.176. The number of hydrogen-bond donors (Lipinski definition) is 0. The molecule has 0 unspecified atom stereocenters. The zero-order valence-corrected chi connectivity index (χ0v) is 13.9. The highest BCUT2D eigenvalue weighted by atomic mass is 32.2. The molecule has 0 aliphatic rings. The molecular formula is C17H16N2O3S. The molecule has 6 heteroatoms. The Labute approximate surface area is 138 Å². The summed E-state index contributed by atoms with van der Waals surface area (Å²) >= 11 is 1.32. The zero-order valence-electron chi connectivity index (χ0n) is 13.1. The maximum Gasteiger partial charge on any atom is 0.284 e. The molecule has 0 radical (unpaired) electrons. The number of aryl methyl sites for hydroxylation is 3. The van der Waals surface area contributed by atoms with Crippen LogP contribution >= 0.6 is 11.8 Å². The van der Waals surface area contributed by atoms with Gasteiger partial charge in [-0.25, -0.2) is 4.99 Å². The van der Waals surface area contributed by atoms with Crippen LogP contribution in [0.3, 0.4) is 0 Å². The van der Waals surface area contributed by atoms with Crippen LogP contribution in [-0.4, -0.2) is 17.5 Å². The Morgan fingerprint density at radius 3 is 2.39 bits per heavy atom. The van der Waals surface area contributed by atoms with Gasteiger partial charge < -0.3 is 0 Å². The summed E-state index contributed by atoms with van der Waals surface area (Å²) in [6, 6.07) is 8.87. The summed E-state index contributed by atoms with van der Waals surface area (Å²) in [6.07, 6.45) is 0. The minimum atomic E-state index is -0.561. The van der Waals surface area contributed by atoms with E-state index in [4.69, 9.17) is 0 Å². The van der Waals surface area contributed by atoms with Crippen molar-refractivity contribution in [1.82, 2.24) is 0 Å². The summed E-state index contributed by atoms with van der Waals surface area (Å²) in [7, 11) is 0. The van der Waals surface area contributed by atoms with Crippen LogP contribution in [0.25, 0.3) is 0 Å². The van der Waals surface area contributed by atoms with Gasteiger partial charge in [-0.15, -0.1) is 0 Å². The van der Waals surface area contributed by atoms with Crippen molar-refractivity contribution in [2.45, 2.75) is 30.6 Å². The van der Waals surface area contributed by atoms with Crippen LogP contribution in [0.4, 0.5) is 5.69 Å². The predicted molar refractivity (Wildman–Crippen MR) is 91.8 cm³/mol. The molecule has 0 saturated heterocycles. The Hall–Kier alpha value is -2.47. The molecule has 2 aromatic carbocycles. The van der Waals surface area contributed by atoms with Crippen LogP contribution in [0.5, 0.6) is 0 Å². The molecule has 118 valence electrons. The number of carbonyl (C=O) groups is 1. The Kier molecular flexibility index (Phi) is 4.95. The van der Waals surface area contributed by atoms with Gasteiger partial charge in [0.15, 0.2) is 0 Å². The molecule has 2 rings (SSSR count). The monoisotopic (exact) mass is 328 g/mol. The lowest BCUT2D eigenvalue weighted by molar-refractivity contribution is -0.387. The lowest BCUT2D eigenvalue weighted by Gasteiger charge is -2.09. The van der Waals surface area contributed by atoms with Gasteiger partial charge in [0, 0.05) is 11.0 Å². The highest BCUT2D eigenvalue weighted by Gasteiger charge is 2.21. The minimum absolute atomic E-state index is 0.104. The largest absolute Gasteiger partial charge is 0.284 e. The maximum atomic E-state index is 11.7. The van der Waals surface area contributed by atoms with E-state index in [0.29, 0.717) is 10.5 Å². The van der Waals surface area contributed by atoms with Crippen molar-refractivity contribution in [3.05, 3.63) is 62.7 Å². The number of amides is 1. The minimum Gasteiger partial charge on any atom is -0.267 e. The van der Waals surface area contributed by atoms with Crippen molar-refractivity contribution in [3.8, 4) is 0 Å². The molecule has 0 saturated carbocycles. The number of nitro benzene ring substituents is 1. The van der Waals surface area contributed by atoms with Gasteiger partial charge in [0.05, 0.1) is 15.4 Å². The molecule has 0 fully saturated rings. The van der Waals surface area contributed by atoms with Crippen LogP contribution in [-0.2, 0) is 0 Å². The lowest BCUT2D eigenvalue weighted by atomic mass is 10.1. The van der Waals surface area contributed by atoms with Crippen molar-refractivity contribution >= 4 is 30.1 Å². The first-order valence-electron chi connectivity index (χ1n) is 6.88. The first-order chi connectivity index (χ1) is 10.8. The first kappa shape index (κ1) is 16.9. The summed E-state index contributed by atoms with van der Waals surface area (Å²) in [5.74, 6) is -0.561. The van der Waals surface area contributed by atoms with Crippen molar-refractivity contribution < 1.29 is 9.72 Å². The number of aliphatic imine (C=N–C) groups is 1. The van der Waals surface area contributed by atoms with E-state index in [0.717, 1.165) is 16.0 Å². The Morgan fingerprint density at radius 1 is 1.13 bits per heavy atom. The van der Waals surface area contributed by atoms with E-state index < -0.39 is 10.8 Å². The number of benzene rings is 2. The van der Waals surface area contributed by atoms with E-state index in [1.165, 1.54) is 17.8 Å². The average molecular weight is 328 g/mol. The zero-order chi connectivity index (χ0) is 17.1. The number of rotatable bonds is 4. The topological polar surface area (TPSA) is 72.6 Å². The van der Waals surface area contributed by atoms with Crippen molar-refractivity contribution in [3.63, 3.8) is 0 Å². The van der Waals surface area contributed by atoms with E-state index >= 15 is 0 Å². The number of carbonyl (C=O) groups excluding carboxylic acids is 1. The van der Waals surface area contributed by atoms with E-state index in [-0.39, 0.29) is 11.3 Å². The SMILES string of the molecule is C=NC(=O)c1cc([N+](=O)[O-])c(Sc2ccc(C)cc2C)cc1C. The van der Waals surface area contributed by atoms with Crippen LogP contribution in [0.1, 0.15) is 27.0 Å². The van der Waals surface area contributed by atoms with E-state index in [1.807, 2.05) is 32.0 Å². The second-order valence-corrected chi connectivity index (χ2v) is 6.31. The highest BCUT2D eigenvalue weighted by molar-refractivity contribution is 7.99. The first-order valence-corrected chi connectivity index (χ1v) is 7.70. The normalized spacial score (nSPS) is 10.4. The highest BCUT2D eigenvalue weighted by Crippen LogP contribution is 2.38. The Balaban J connectivity index is 2.53. The molecule has 0 aliphatic heterocycles. The van der Waals surface area contributed by atoms with Gasteiger partial charge in [-0.2, -0.15) is 0 Å². The molecule has 0 N–H and O–H groups in total. The molecule has 2 aromatic rings. The van der Waals surface area contributed by atoms with Gasteiger partial charge in [0.2, 0.25) is 0 Å². The van der Waals surface area contributed by atoms with Crippen LogP contribution in [0, 0.1) is 30.9 Å². The third-order valence-electron chi connectivity index (χ3n) is 3.43. The standard InChI is InChI=1S/C17H16N2O3S/c1-10-5-6-15(12(3)7-10)23-16-8-11(2)13(17(20)18-4)9-14(16)19(21)22/h5-9H,4H2,1-3H3. The van der Waals surface area contributed by atoms with Crippen molar-refractivity contribution in [2.75, 3.05) is 0 Å². The summed E-state index contributed by atoms with van der Waals surface area (Å²) < 4.78 is 0. The van der Waals surface area contributed by atoms with Gasteiger partial charge in [0.25, 0.3) is 11.6 Å². The third kappa shape index (κ3) is 3.65. The average Bonchev–Trinajstić information content (AvgIpc) is 2.49. The van der Waals surface area contributed by atoms with Crippen molar-refractivity contribution in [1.29, 1.82) is 0 Å². The molecule has 0 heterocycles. The molecule has 0 spiro atoms. The smallest absolute Gasteiger partial charge is 0.267 e. The Bertz CT molecular complexity index is 816. The van der Waals surface area contributed by atoms with E-state index in [2.05, 4.69) is 11.7 Å². The summed E-state index contributed by atoms with van der Waals surface area (Å²) in [5, 5.41) is 11.4. The molecule has 23 heavy (non-hydrogen) atoms. The fourth-order valence-corrected chi connectivity index (χ4v) is 3.31. The van der Waals surface area contributed by atoms with Crippen LogP contribution < -0.4 is 0 Å². The molecule has 0 atom stereocenters.